The first kappa shape index (κ1) is 20.2. The molecule has 0 radical (unpaired) electrons. The first-order chi connectivity index (χ1) is 14.7. The normalized spacial score (nSPS) is 16.5. The van der Waals surface area contributed by atoms with E-state index in [1.807, 2.05) is 23.9 Å². The topological polar surface area (TPSA) is 83.5 Å². The molecule has 4 rings (SSSR count). The van der Waals surface area contributed by atoms with E-state index in [1.54, 1.807) is 12.6 Å². The van der Waals surface area contributed by atoms with Crippen LogP contribution in [0, 0.1) is 0 Å². The van der Waals surface area contributed by atoms with E-state index >= 15 is 0 Å². The van der Waals surface area contributed by atoms with Gasteiger partial charge in [0, 0.05) is 32.6 Å². The van der Waals surface area contributed by atoms with Crippen molar-refractivity contribution in [1.29, 1.82) is 0 Å². The van der Waals surface area contributed by atoms with E-state index in [-0.39, 0.29) is 0 Å². The highest BCUT2D eigenvalue weighted by molar-refractivity contribution is 5.80. The molecule has 8 nitrogen and oxygen atoms in total. The number of aliphatic imine (C=N–C) groups is 1. The molecule has 0 aliphatic carbocycles. The Morgan fingerprint density at radius 1 is 1.23 bits per heavy atom. The number of benzene rings is 1. The zero-order chi connectivity index (χ0) is 20.8. The number of aryl methyl sites for hydroxylation is 1. The minimum atomic E-state index is 0.292. The quantitative estimate of drug-likeness (QED) is 0.461. The molecule has 0 saturated carbocycles. The molecule has 0 fully saturated rings. The Morgan fingerprint density at radius 3 is 2.90 bits per heavy atom. The third-order valence-electron chi connectivity index (χ3n) is 5.38. The van der Waals surface area contributed by atoms with Gasteiger partial charge in [-0.05, 0) is 36.7 Å². The molecular weight excluding hydrogens is 378 g/mol. The van der Waals surface area contributed by atoms with Gasteiger partial charge >= 0.3 is 0 Å². The molecule has 1 aliphatic heterocycles. The summed E-state index contributed by atoms with van der Waals surface area (Å²) in [6.07, 6.45) is 5.30. The Morgan fingerprint density at radius 2 is 2.10 bits per heavy atom. The summed E-state index contributed by atoms with van der Waals surface area (Å²) in [5.41, 5.74) is 2.55. The Balaban J connectivity index is 1.32. The third kappa shape index (κ3) is 5.07. The molecule has 0 amide bonds. The number of nitrogens with zero attached hydrogens (tertiary/aromatic N) is 5. The Hall–Kier alpha value is -3.13. The highest BCUT2D eigenvalue weighted by atomic mass is 16.3. The van der Waals surface area contributed by atoms with Crippen LogP contribution in [0.25, 0.3) is 0 Å². The fraction of sp³-hybridized carbons (Fsp3) is 0.409. The first-order valence-corrected chi connectivity index (χ1v) is 10.3. The predicted molar refractivity (Wildman–Crippen MR) is 116 cm³/mol. The van der Waals surface area contributed by atoms with Gasteiger partial charge in [-0.1, -0.05) is 24.3 Å². The summed E-state index contributed by atoms with van der Waals surface area (Å²) in [5, 5.41) is 11.3. The summed E-state index contributed by atoms with van der Waals surface area (Å²) in [5.74, 6) is 2.84. The van der Waals surface area contributed by atoms with Gasteiger partial charge in [0.25, 0.3) is 0 Å². The standard InChI is InChI=1S/C22H29N7O/c1-23-22(27-19-9-10-21-25-16-26-29(21)14-19)24-12-17-6-3-4-7-18(17)13-28(2)15-20-8-5-11-30-20/h3-8,11,16,19H,9-10,12-15H2,1-2H3,(H2,23,24,27). The number of guanidine groups is 1. The van der Waals surface area contributed by atoms with Crippen molar-refractivity contribution in [2.75, 3.05) is 14.1 Å². The summed E-state index contributed by atoms with van der Waals surface area (Å²) in [7, 11) is 3.91. The van der Waals surface area contributed by atoms with Crippen LogP contribution in [0.3, 0.4) is 0 Å². The lowest BCUT2D eigenvalue weighted by Gasteiger charge is -2.25. The van der Waals surface area contributed by atoms with Crippen LogP contribution >= 0.6 is 0 Å². The van der Waals surface area contributed by atoms with Crippen LogP contribution in [0.2, 0.25) is 0 Å². The van der Waals surface area contributed by atoms with Gasteiger partial charge in [0.2, 0.25) is 0 Å². The van der Waals surface area contributed by atoms with Gasteiger partial charge < -0.3 is 15.1 Å². The molecule has 158 valence electrons. The molecule has 1 aliphatic rings. The lowest BCUT2D eigenvalue weighted by atomic mass is 10.1. The van der Waals surface area contributed by atoms with Crippen molar-refractivity contribution >= 4 is 5.96 Å². The number of rotatable bonds is 7. The van der Waals surface area contributed by atoms with E-state index in [2.05, 4.69) is 61.9 Å². The van der Waals surface area contributed by atoms with Gasteiger partial charge in [-0.2, -0.15) is 5.10 Å². The van der Waals surface area contributed by atoms with E-state index < -0.39 is 0 Å². The SMILES string of the molecule is CN=C(NCc1ccccc1CN(C)Cc1ccco1)NC1CCc2ncnn2C1. The van der Waals surface area contributed by atoms with Crippen LogP contribution in [0.15, 0.2) is 58.4 Å². The van der Waals surface area contributed by atoms with Crippen molar-refractivity contribution in [3.05, 3.63) is 71.7 Å². The van der Waals surface area contributed by atoms with Crippen LogP contribution < -0.4 is 10.6 Å². The van der Waals surface area contributed by atoms with E-state index in [0.717, 1.165) is 50.0 Å². The molecule has 1 unspecified atom stereocenters. The van der Waals surface area contributed by atoms with Crippen LogP contribution in [0.5, 0.6) is 0 Å². The Bertz CT molecular complexity index is 964. The van der Waals surface area contributed by atoms with Crippen molar-refractivity contribution in [2.24, 2.45) is 4.99 Å². The highest BCUT2D eigenvalue weighted by Crippen LogP contribution is 2.14. The van der Waals surface area contributed by atoms with Gasteiger partial charge in [-0.25, -0.2) is 9.67 Å². The van der Waals surface area contributed by atoms with Gasteiger partial charge in [0.1, 0.15) is 17.9 Å². The molecule has 0 bridgehead atoms. The number of hydrogen-bond acceptors (Lipinski definition) is 5. The average molecular weight is 408 g/mol. The van der Waals surface area contributed by atoms with Gasteiger partial charge in [0.05, 0.1) is 19.4 Å². The minimum absolute atomic E-state index is 0.292. The zero-order valence-electron chi connectivity index (χ0n) is 17.6. The van der Waals surface area contributed by atoms with Crippen LogP contribution in [0.1, 0.15) is 29.1 Å². The monoisotopic (exact) mass is 407 g/mol. The smallest absolute Gasteiger partial charge is 0.191 e. The van der Waals surface area contributed by atoms with E-state index in [4.69, 9.17) is 4.42 Å². The summed E-state index contributed by atoms with van der Waals surface area (Å²) in [6, 6.07) is 12.7. The predicted octanol–water partition coefficient (Wildman–Crippen LogP) is 2.18. The van der Waals surface area contributed by atoms with Crippen molar-refractivity contribution < 1.29 is 4.42 Å². The lowest BCUT2D eigenvalue weighted by molar-refractivity contribution is 0.287. The van der Waals surface area contributed by atoms with Crippen molar-refractivity contribution in [3.63, 3.8) is 0 Å². The van der Waals surface area contributed by atoms with Crippen molar-refractivity contribution in [2.45, 2.75) is 45.1 Å². The van der Waals surface area contributed by atoms with Crippen LogP contribution in [-0.2, 0) is 32.6 Å². The molecule has 1 atom stereocenters. The molecule has 0 spiro atoms. The Labute approximate surface area is 177 Å². The number of fused-ring (bicyclic) bond motifs is 1. The van der Waals surface area contributed by atoms with Crippen molar-refractivity contribution in [3.8, 4) is 0 Å². The summed E-state index contributed by atoms with van der Waals surface area (Å²) in [6.45, 7) is 3.15. The maximum absolute atomic E-state index is 5.47. The molecule has 2 N–H and O–H groups in total. The number of furan rings is 1. The van der Waals surface area contributed by atoms with Crippen molar-refractivity contribution in [1.82, 2.24) is 30.3 Å². The molecule has 0 saturated heterocycles. The number of hydrogen-bond donors (Lipinski definition) is 2. The summed E-state index contributed by atoms with van der Waals surface area (Å²) >= 11 is 0. The lowest BCUT2D eigenvalue weighted by Crippen LogP contribution is -2.46. The fourth-order valence-electron chi connectivity index (χ4n) is 3.82. The van der Waals surface area contributed by atoms with Crippen LogP contribution in [0.4, 0.5) is 0 Å². The maximum Gasteiger partial charge on any atom is 0.191 e. The van der Waals surface area contributed by atoms with E-state index in [0.29, 0.717) is 12.6 Å². The maximum atomic E-state index is 5.47. The molecule has 1 aromatic carbocycles. The largest absolute Gasteiger partial charge is 0.468 e. The van der Waals surface area contributed by atoms with E-state index in [9.17, 15) is 0 Å². The average Bonchev–Trinajstić information content (AvgIpc) is 3.43. The number of aromatic nitrogens is 3. The minimum Gasteiger partial charge on any atom is -0.468 e. The summed E-state index contributed by atoms with van der Waals surface area (Å²) in [4.78, 5) is 11.0. The highest BCUT2D eigenvalue weighted by Gasteiger charge is 2.20. The fourth-order valence-corrected chi connectivity index (χ4v) is 3.82. The zero-order valence-corrected chi connectivity index (χ0v) is 17.6. The second-order valence-corrected chi connectivity index (χ2v) is 7.68. The first-order valence-electron chi connectivity index (χ1n) is 10.3. The summed E-state index contributed by atoms with van der Waals surface area (Å²) < 4.78 is 7.44. The second kappa shape index (κ2) is 9.58. The molecule has 3 aromatic rings. The van der Waals surface area contributed by atoms with Gasteiger partial charge in [-0.15, -0.1) is 0 Å². The molecular formula is C22H29N7O. The van der Waals surface area contributed by atoms with Crippen LogP contribution in [-0.4, -0.2) is 45.8 Å². The third-order valence-corrected chi connectivity index (χ3v) is 5.38. The van der Waals surface area contributed by atoms with E-state index in [1.165, 1.54) is 11.1 Å². The molecule has 3 heterocycles. The molecule has 30 heavy (non-hydrogen) atoms. The van der Waals surface area contributed by atoms with Gasteiger partial charge in [0.15, 0.2) is 5.96 Å². The molecule has 2 aromatic heterocycles. The number of nitrogens with one attached hydrogen (secondary N) is 2. The second-order valence-electron chi connectivity index (χ2n) is 7.68. The Kier molecular flexibility index (Phi) is 6.44. The van der Waals surface area contributed by atoms with Gasteiger partial charge in [-0.3, -0.25) is 9.89 Å². The molecule has 8 heteroatoms.